The fourth-order valence-electron chi connectivity index (χ4n) is 1.81. The molecule has 0 aliphatic carbocycles. The molecule has 0 amide bonds. The molecule has 1 aromatic heterocycles. The van der Waals surface area contributed by atoms with Gasteiger partial charge in [-0.15, -0.1) is 0 Å². The van der Waals surface area contributed by atoms with Gasteiger partial charge in [-0.25, -0.2) is 0 Å². The summed E-state index contributed by atoms with van der Waals surface area (Å²) in [7, 11) is 0. The van der Waals surface area contributed by atoms with Crippen LogP contribution in [0.1, 0.15) is 18.2 Å². The van der Waals surface area contributed by atoms with Crippen molar-refractivity contribution in [3.8, 4) is 0 Å². The molecule has 0 bridgehead atoms. The van der Waals surface area contributed by atoms with Gasteiger partial charge in [0.1, 0.15) is 0 Å². The van der Waals surface area contributed by atoms with Crippen molar-refractivity contribution < 1.29 is 4.74 Å². The molecule has 17 heavy (non-hydrogen) atoms. The lowest BCUT2D eigenvalue weighted by molar-refractivity contribution is 0.337. The summed E-state index contributed by atoms with van der Waals surface area (Å²) in [4.78, 5) is 15.4. The first-order chi connectivity index (χ1) is 8.15. The van der Waals surface area contributed by atoms with E-state index in [0.717, 1.165) is 11.2 Å². The molecule has 0 saturated heterocycles. The van der Waals surface area contributed by atoms with Crippen molar-refractivity contribution in [2.24, 2.45) is 0 Å². The molecule has 0 spiro atoms. The van der Waals surface area contributed by atoms with Crippen LogP contribution in [0.4, 0.5) is 0 Å². The first-order valence-electron chi connectivity index (χ1n) is 5.44. The molecule has 1 heterocycles. The van der Waals surface area contributed by atoms with Gasteiger partial charge in [-0.2, -0.15) is 0 Å². The quantitative estimate of drug-likeness (QED) is 0.829. The number of hydrogen-bond donors (Lipinski definition) is 1. The summed E-state index contributed by atoms with van der Waals surface area (Å²) in [5, 5.41) is 0.896. The fourth-order valence-corrected chi connectivity index (χ4v) is 2.17. The molecular weight excluding hydrogens is 234 g/mol. The molecule has 0 radical (unpaired) electrons. The van der Waals surface area contributed by atoms with Crippen molar-refractivity contribution in [1.29, 1.82) is 0 Å². The maximum absolute atomic E-state index is 12.3. The Bertz CT molecular complexity index is 631. The Morgan fingerprint density at radius 2 is 2.12 bits per heavy atom. The second kappa shape index (κ2) is 4.67. The van der Waals surface area contributed by atoms with Crippen LogP contribution < -0.4 is 5.43 Å². The average molecular weight is 247 g/mol. The summed E-state index contributed by atoms with van der Waals surface area (Å²) in [6.45, 7) is 4.13. The average Bonchev–Trinajstić information content (AvgIpc) is 2.29. The van der Waals surface area contributed by atoms with Gasteiger partial charge >= 0.3 is 0 Å². The van der Waals surface area contributed by atoms with Gasteiger partial charge in [0.25, 0.3) is 0 Å². The number of H-pyrrole nitrogens is 1. The normalized spacial score (nSPS) is 10.5. The number of para-hydroxylation sites is 1. The number of aromatic nitrogens is 1. The van der Waals surface area contributed by atoms with Crippen LogP contribution in [-0.2, 0) is 4.74 Å². The molecular formula is C13H13NO2S. The molecule has 4 heteroatoms. The zero-order valence-electron chi connectivity index (χ0n) is 9.74. The molecule has 1 N–H and O–H groups in total. The number of aromatic amines is 1. The number of pyridine rings is 1. The highest BCUT2D eigenvalue weighted by atomic mass is 32.1. The number of hydrogen-bond acceptors (Lipinski definition) is 3. The van der Waals surface area contributed by atoms with E-state index >= 15 is 0 Å². The van der Waals surface area contributed by atoms with Crippen LogP contribution in [0.5, 0.6) is 0 Å². The molecule has 0 unspecified atom stereocenters. The van der Waals surface area contributed by atoms with E-state index in [-0.39, 0.29) is 10.5 Å². The maximum atomic E-state index is 12.3. The third-order valence-electron chi connectivity index (χ3n) is 2.58. The van der Waals surface area contributed by atoms with E-state index < -0.39 is 0 Å². The van der Waals surface area contributed by atoms with Crippen LogP contribution in [0, 0.1) is 6.92 Å². The highest BCUT2D eigenvalue weighted by molar-refractivity contribution is 7.80. The Hall–Kier alpha value is -1.68. The van der Waals surface area contributed by atoms with Gasteiger partial charge < -0.3 is 9.72 Å². The summed E-state index contributed by atoms with van der Waals surface area (Å²) in [6, 6.07) is 7.38. The highest BCUT2D eigenvalue weighted by Gasteiger charge is 2.13. The second-order valence-corrected chi connectivity index (χ2v) is 4.09. The van der Waals surface area contributed by atoms with E-state index in [2.05, 4.69) is 4.98 Å². The first kappa shape index (κ1) is 11.8. The minimum atomic E-state index is -0.0738. The van der Waals surface area contributed by atoms with E-state index in [9.17, 15) is 4.79 Å². The molecule has 0 atom stereocenters. The Kier molecular flexibility index (Phi) is 3.24. The number of ether oxygens (including phenoxy) is 1. The number of fused-ring (bicyclic) bond motifs is 1. The topological polar surface area (TPSA) is 42.1 Å². The summed E-state index contributed by atoms with van der Waals surface area (Å²) < 4.78 is 5.25. The smallest absolute Gasteiger partial charge is 0.201 e. The molecule has 0 fully saturated rings. The van der Waals surface area contributed by atoms with Crippen LogP contribution in [0.15, 0.2) is 29.1 Å². The molecule has 3 nitrogen and oxygen atoms in total. The van der Waals surface area contributed by atoms with Gasteiger partial charge in [0.15, 0.2) is 5.05 Å². The van der Waals surface area contributed by atoms with Crippen molar-refractivity contribution in [3.05, 3.63) is 45.7 Å². The Labute approximate surface area is 104 Å². The largest absolute Gasteiger partial charge is 0.483 e. The van der Waals surface area contributed by atoms with Crippen molar-refractivity contribution in [1.82, 2.24) is 4.98 Å². The maximum Gasteiger partial charge on any atom is 0.201 e. The summed E-state index contributed by atoms with van der Waals surface area (Å²) in [5.41, 5.74) is 1.95. The van der Waals surface area contributed by atoms with Crippen molar-refractivity contribution in [2.75, 3.05) is 6.61 Å². The zero-order valence-corrected chi connectivity index (χ0v) is 10.6. The summed E-state index contributed by atoms with van der Waals surface area (Å²) in [6.07, 6.45) is 0. The van der Waals surface area contributed by atoms with Crippen molar-refractivity contribution in [3.63, 3.8) is 0 Å². The lowest BCUT2D eigenvalue weighted by Gasteiger charge is -2.09. The monoisotopic (exact) mass is 247 g/mol. The number of rotatable bonds is 2. The Balaban J connectivity index is 2.72. The zero-order chi connectivity index (χ0) is 12.4. The molecule has 88 valence electrons. The third kappa shape index (κ3) is 2.08. The van der Waals surface area contributed by atoms with E-state index in [1.807, 2.05) is 32.0 Å². The summed E-state index contributed by atoms with van der Waals surface area (Å²) in [5.74, 6) is 0. The lowest BCUT2D eigenvalue weighted by atomic mass is 10.1. The highest BCUT2D eigenvalue weighted by Crippen LogP contribution is 2.12. The minimum Gasteiger partial charge on any atom is -0.483 e. The number of aryl methyl sites for hydroxylation is 1. The van der Waals surface area contributed by atoms with E-state index in [4.69, 9.17) is 17.0 Å². The predicted octanol–water partition coefficient (Wildman–Crippen LogP) is 2.55. The SMILES string of the molecule is CCOC(=S)c1c(C)[nH]c2ccccc2c1=O. The molecule has 2 rings (SSSR count). The van der Waals surface area contributed by atoms with Gasteiger partial charge in [0.2, 0.25) is 5.43 Å². The van der Waals surface area contributed by atoms with Crippen molar-refractivity contribution >= 4 is 28.2 Å². The second-order valence-electron chi connectivity index (χ2n) is 3.72. The van der Waals surface area contributed by atoms with Gasteiger partial charge in [-0.3, -0.25) is 4.79 Å². The van der Waals surface area contributed by atoms with Crippen LogP contribution >= 0.6 is 12.2 Å². The fraction of sp³-hybridized carbons (Fsp3) is 0.231. The van der Waals surface area contributed by atoms with Crippen LogP contribution in [0.3, 0.4) is 0 Å². The van der Waals surface area contributed by atoms with Gasteiger partial charge in [-0.05, 0) is 38.2 Å². The number of thiocarbonyl (C=S) groups is 1. The van der Waals surface area contributed by atoms with E-state index in [1.54, 1.807) is 6.07 Å². The minimum absolute atomic E-state index is 0.0738. The number of benzene rings is 1. The van der Waals surface area contributed by atoms with E-state index in [1.165, 1.54) is 0 Å². The third-order valence-corrected chi connectivity index (χ3v) is 2.90. The Morgan fingerprint density at radius 1 is 1.41 bits per heavy atom. The first-order valence-corrected chi connectivity index (χ1v) is 5.84. The lowest BCUT2D eigenvalue weighted by Crippen LogP contribution is -2.19. The standard InChI is InChI=1S/C13H13NO2S/c1-3-16-13(17)11-8(2)14-10-7-5-4-6-9(10)12(11)15/h4-7H,3H2,1-2H3,(H,14,15). The Morgan fingerprint density at radius 3 is 2.82 bits per heavy atom. The van der Waals surface area contributed by atoms with Gasteiger partial charge in [0, 0.05) is 16.6 Å². The van der Waals surface area contributed by atoms with Crippen LogP contribution in [-0.4, -0.2) is 16.6 Å². The predicted molar refractivity (Wildman–Crippen MR) is 72.6 cm³/mol. The van der Waals surface area contributed by atoms with Gasteiger partial charge in [-0.1, -0.05) is 12.1 Å². The van der Waals surface area contributed by atoms with Crippen molar-refractivity contribution in [2.45, 2.75) is 13.8 Å². The summed E-state index contributed by atoms with van der Waals surface area (Å²) >= 11 is 5.12. The molecule has 0 aliphatic heterocycles. The van der Waals surface area contributed by atoms with Gasteiger partial charge in [0.05, 0.1) is 12.2 Å². The van der Waals surface area contributed by atoms with Crippen LogP contribution in [0.25, 0.3) is 10.9 Å². The molecule has 0 aliphatic rings. The molecule has 0 saturated carbocycles. The number of nitrogens with one attached hydrogen (secondary N) is 1. The van der Waals surface area contributed by atoms with Crippen LogP contribution in [0.2, 0.25) is 0 Å². The molecule has 1 aromatic carbocycles. The van der Waals surface area contributed by atoms with E-state index in [0.29, 0.717) is 17.6 Å². The molecule has 2 aromatic rings.